The van der Waals surface area contributed by atoms with E-state index >= 15 is 0 Å². The van der Waals surface area contributed by atoms with Gasteiger partial charge in [-0.1, -0.05) is 6.07 Å². The topological polar surface area (TPSA) is 92.5 Å². The Kier molecular flexibility index (Phi) is 4.97. The monoisotopic (exact) mass is 395 g/mol. The van der Waals surface area contributed by atoms with Crippen LogP contribution in [-0.4, -0.2) is 44.3 Å². The summed E-state index contributed by atoms with van der Waals surface area (Å²) >= 11 is 0. The van der Waals surface area contributed by atoms with Crippen LogP contribution in [0, 0.1) is 6.92 Å². The first kappa shape index (κ1) is 19.6. The van der Waals surface area contributed by atoms with Gasteiger partial charge in [0.05, 0.1) is 11.3 Å². The molecule has 10 heteroatoms. The van der Waals surface area contributed by atoms with Gasteiger partial charge in [-0.15, -0.1) is 0 Å². The first-order chi connectivity index (χ1) is 13.1. The number of halogens is 3. The van der Waals surface area contributed by atoms with Crippen molar-refractivity contribution in [3.05, 3.63) is 57.5 Å². The Hall–Kier alpha value is -3.17. The third kappa shape index (κ3) is 3.62. The number of carboxylic acid groups (broad SMARTS) is 1. The van der Waals surface area contributed by atoms with Crippen LogP contribution in [-0.2, 0) is 11.0 Å². The molecule has 1 aromatic carbocycles. The quantitative estimate of drug-likeness (QED) is 0.861. The lowest BCUT2D eigenvalue weighted by atomic mass is 10.2. The van der Waals surface area contributed by atoms with Crippen molar-refractivity contribution in [1.29, 1.82) is 0 Å². The molecular formula is C18H16F3N3O4. The molecule has 1 N–H and O–H groups in total. The number of benzene rings is 1. The van der Waals surface area contributed by atoms with E-state index in [0.29, 0.717) is 6.42 Å². The SMILES string of the molecule is Cc1cc(=O)c(C(=O)N2CCCC2C(=O)O)nn1-c1cccc(C(F)(F)F)c1. The number of hydrogen-bond acceptors (Lipinski definition) is 4. The molecule has 2 aromatic rings. The van der Waals surface area contributed by atoms with Gasteiger partial charge in [0.25, 0.3) is 5.91 Å². The maximum atomic E-state index is 13.0. The zero-order valence-electron chi connectivity index (χ0n) is 14.7. The summed E-state index contributed by atoms with van der Waals surface area (Å²) in [7, 11) is 0. The standard InChI is InChI=1S/C18H16F3N3O4/c1-10-8-14(25)15(16(26)23-7-3-6-13(23)17(27)28)22-24(10)12-5-2-4-11(9-12)18(19,20)21/h2,4-5,8-9,13H,3,6-7H2,1H3,(H,27,28). The van der Waals surface area contributed by atoms with Gasteiger partial charge in [0.1, 0.15) is 6.04 Å². The van der Waals surface area contributed by atoms with Crippen LogP contribution in [0.4, 0.5) is 13.2 Å². The number of nitrogens with zero attached hydrogens (tertiary/aromatic N) is 3. The van der Waals surface area contributed by atoms with Crippen molar-refractivity contribution < 1.29 is 27.9 Å². The molecule has 1 saturated heterocycles. The zero-order chi connectivity index (χ0) is 20.6. The fraction of sp³-hybridized carbons (Fsp3) is 0.333. The number of hydrogen-bond donors (Lipinski definition) is 1. The smallest absolute Gasteiger partial charge is 0.416 e. The molecule has 1 unspecified atom stereocenters. The summed E-state index contributed by atoms with van der Waals surface area (Å²) < 4.78 is 40.0. The lowest BCUT2D eigenvalue weighted by Gasteiger charge is -2.21. The van der Waals surface area contributed by atoms with Gasteiger partial charge in [-0.3, -0.25) is 9.59 Å². The minimum absolute atomic E-state index is 0.0255. The summed E-state index contributed by atoms with van der Waals surface area (Å²) in [5.74, 6) is -2.04. The Morgan fingerprint density at radius 3 is 2.61 bits per heavy atom. The Morgan fingerprint density at radius 1 is 1.25 bits per heavy atom. The third-order valence-electron chi connectivity index (χ3n) is 4.53. The van der Waals surface area contributed by atoms with Gasteiger partial charge in [-0.2, -0.15) is 18.3 Å². The van der Waals surface area contributed by atoms with E-state index in [0.717, 1.165) is 27.8 Å². The highest BCUT2D eigenvalue weighted by Crippen LogP contribution is 2.30. The second-order valence-electron chi connectivity index (χ2n) is 6.45. The van der Waals surface area contributed by atoms with E-state index in [2.05, 4.69) is 5.10 Å². The van der Waals surface area contributed by atoms with E-state index < -0.39 is 40.8 Å². The molecule has 2 heterocycles. The molecule has 28 heavy (non-hydrogen) atoms. The Labute approximate surface area is 157 Å². The highest BCUT2D eigenvalue weighted by molar-refractivity contribution is 5.95. The Balaban J connectivity index is 2.06. The van der Waals surface area contributed by atoms with Crippen molar-refractivity contribution in [3.63, 3.8) is 0 Å². The number of carbonyl (C=O) groups excluding carboxylic acids is 1. The Bertz CT molecular complexity index is 1000. The highest BCUT2D eigenvalue weighted by atomic mass is 19.4. The van der Waals surface area contributed by atoms with Gasteiger partial charge in [0.2, 0.25) is 5.43 Å². The van der Waals surface area contributed by atoms with E-state index in [4.69, 9.17) is 0 Å². The largest absolute Gasteiger partial charge is 0.480 e. The van der Waals surface area contributed by atoms with Crippen molar-refractivity contribution >= 4 is 11.9 Å². The molecule has 0 radical (unpaired) electrons. The molecule has 7 nitrogen and oxygen atoms in total. The van der Waals surface area contributed by atoms with Gasteiger partial charge in [0, 0.05) is 18.3 Å². The number of aliphatic carboxylic acids is 1. The molecule has 1 fully saturated rings. The molecule has 148 valence electrons. The molecule has 1 aliphatic heterocycles. The lowest BCUT2D eigenvalue weighted by molar-refractivity contribution is -0.141. The summed E-state index contributed by atoms with van der Waals surface area (Å²) in [6.07, 6.45) is -3.84. The number of carboxylic acids is 1. The summed E-state index contributed by atoms with van der Waals surface area (Å²) in [4.78, 5) is 37.3. The van der Waals surface area contributed by atoms with Crippen LogP contribution in [0.5, 0.6) is 0 Å². The van der Waals surface area contributed by atoms with E-state index in [1.165, 1.54) is 19.1 Å². The summed E-state index contributed by atoms with van der Waals surface area (Å²) in [5.41, 5.74) is -1.89. The second-order valence-corrected chi connectivity index (χ2v) is 6.45. The number of rotatable bonds is 3. The molecule has 0 bridgehead atoms. The number of alkyl halides is 3. The van der Waals surface area contributed by atoms with Gasteiger partial charge in [0.15, 0.2) is 5.69 Å². The maximum Gasteiger partial charge on any atom is 0.416 e. The predicted molar refractivity (Wildman–Crippen MR) is 91.3 cm³/mol. The summed E-state index contributed by atoms with van der Waals surface area (Å²) in [5, 5.41) is 13.2. The van der Waals surface area contributed by atoms with Crippen molar-refractivity contribution in [2.45, 2.75) is 32.0 Å². The van der Waals surface area contributed by atoms with Crippen LogP contribution in [0.2, 0.25) is 0 Å². The maximum absolute atomic E-state index is 13.0. The highest BCUT2D eigenvalue weighted by Gasteiger charge is 2.36. The minimum atomic E-state index is -4.56. The van der Waals surface area contributed by atoms with Crippen LogP contribution in [0.15, 0.2) is 35.1 Å². The van der Waals surface area contributed by atoms with Crippen LogP contribution < -0.4 is 5.43 Å². The number of aromatic nitrogens is 2. The van der Waals surface area contributed by atoms with Crippen LogP contribution in [0.3, 0.4) is 0 Å². The number of amides is 1. The Morgan fingerprint density at radius 2 is 1.96 bits per heavy atom. The van der Waals surface area contributed by atoms with E-state index in [-0.39, 0.29) is 24.3 Å². The average molecular weight is 395 g/mol. The molecule has 1 amide bonds. The van der Waals surface area contributed by atoms with Gasteiger partial charge in [-0.05, 0) is 38.0 Å². The average Bonchev–Trinajstić information content (AvgIpc) is 3.11. The second kappa shape index (κ2) is 7.10. The van der Waals surface area contributed by atoms with Crippen LogP contribution >= 0.6 is 0 Å². The van der Waals surface area contributed by atoms with Gasteiger partial charge >= 0.3 is 12.1 Å². The van der Waals surface area contributed by atoms with Crippen molar-refractivity contribution in [2.75, 3.05) is 6.54 Å². The fourth-order valence-corrected chi connectivity index (χ4v) is 3.17. The molecule has 0 spiro atoms. The fourth-order valence-electron chi connectivity index (χ4n) is 3.17. The van der Waals surface area contributed by atoms with Gasteiger partial charge < -0.3 is 10.0 Å². The molecule has 1 aliphatic rings. The van der Waals surface area contributed by atoms with Crippen molar-refractivity contribution in [3.8, 4) is 5.69 Å². The summed E-state index contributed by atoms with van der Waals surface area (Å²) in [6.45, 7) is 1.63. The number of aryl methyl sites for hydroxylation is 1. The van der Waals surface area contributed by atoms with Crippen molar-refractivity contribution in [1.82, 2.24) is 14.7 Å². The summed E-state index contributed by atoms with van der Waals surface area (Å²) in [6, 6.07) is 4.34. The van der Waals surface area contributed by atoms with Gasteiger partial charge in [-0.25, -0.2) is 9.48 Å². The third-order valence-corrected chi connectivity index (χ3v) is 4.53. The predicted octanol–water partition coefficient (Wildman–Crippen LogP) is 2.25. The van der Waals surface area contributed by atoms with Crippen LogP contribution in [0.25, 0.3) is 5.69 Å². The minimum Gasteiger partial charge on any atom is -0.480 e. The van der Waals surface area contributed by atoms with Crippen molar-refractivity contribution in [2.24, 2.45) is 0 Å². The number of carbonyl (C=O) groups is 2. The van der Waals surface area contributed by atoms with E-state index in [1.807, 2.05) is 0 Å². The first-order valence-corrected chi connectivity index (χ1v) is 8.42. The van der Waals surface area contributed by atoms with Crippen LogP contribution in [0.1, 0.15) is 34.6 Å². The normalized spacial score (nSPS) is 17.0. The molecule has 1 atom stereocenters. The number of likely N-dealkylation sites (tertiary alicyclic amines) is 1. The molecule has 3 rings (SSSR count). The zero-order valence-corrected chi connectivity index (χ0v) is 14.7. The lowest BCUT2D eigenvalue weighted by Crippen LogP contribution is -2.43. The molecular weight excluding hydrogens is 379 g/mol. The van der Waals surface area contributed by atoms with E-state index in [1.54, 1.807) is 0 Å². The molecule has 0 saturated carbocycles. The molecule has 0 aliphatic carbocycles. The van der Waals surface area contributed by atoms with E-state index in [9.17, 15) is 32.7 Å². The molecule has 1 aromatic heterocycles. The first-order valence-electron chi connectivity index (χ1n) is 8.42.